The van der Waals surface area contributed by atoms with Crippen LogP contribution >= 0.6 is 11.3 Å². The standard InChI is InChI=1S/C14H9F2NS/c15-8-9-6-13(14-2-1-5-18-14)17-12-7-10(16)3-4-11(9)12/h1-7H,8H2. The first-order valence-corrected chi connectivity index (χ1v) is 6.35. The van der Waals surface area contributed by atoms with Crippen molar-refractivity contribution in [1.29, 1.82) is 0 Å². The fourth-order valence-corrected chi connectivity index (χ4v) is 2.62. The number of fused-ring (bicyclic) bond motifs is 1. The summed E-state index contributed by atoms with van der Waals surface area (Å²) in [5, 5.41) is 2.60. The van der Waals surface area contributed by atoms with Crippen molar-refractivity contribution in [3.05, 3.63) is 53.2 Å². The van der Waals surface area contributed by atoms with Crippen molar-refractivity contribution >= 4 is 22.2 Å². The minimum absolute atomic E-state index is 0.358. The Morgan fingerprint density at radius 3 is 2.78 bits per heavy atom. The predicted molar refractivity (Wildman–Crippen MR) is 69.8 cm³/mol. The fraction of sp³-hybridized carbons (Fsp3) is 0.0714. The van der Waals surface area contributed by atoms with E-state index in [0.29, 0.717) is 22.2 Å². The van der Waals surface area contributed by atoms with Crippen molar-refractivity contribution in [2.24, 2.45) is 0 Å². The van der Waals surface area contributed by atoms with Crippen molar-refractivity contribution in [3.8, 4) is 10.6 Å². The van der Waals surface area contributed by atoms with Gasteiger partial charge in [0.15, 0.2) is 0 Å². The van der Waals surface area contributed by atoms with Crippen LogP contribution in [0.5, 0.6) is 0 Å². The van der Waals surface area contributed by atoms with Crippen LogP contribution in [0.3, 0.4) is 0 Å². The van der Waals surface area contributed by atoms with Crippen molar-refractivity contribution < 1.29 is 8.78 Å². The van der Waals surface area contributed by atoms with Gasteiger partial charge in [0.05, 0.1) is 16.1 Å². The van der Waals surface area contributed by atoms with Gasteiger partial charge in [0.25, 0.3) is 0 Å². The summed E-state index contributed by atoms with van der Waals surface area (Å²) < 4.78 is 26.3. The third-order valence-corrected chi connectivity index (χ3v) is 3.67. The first-order chi connectivity index (χ1) is 8.78. The van der Waals surface area contributed by atoms with Crippen molar-refractivity contribution in [2.45, 2.75) is 6.67 Å². The van der Waals surface area contributed by atoms with Crippen LogP contribution in [0.1, 0.15) is 5.56 Å². The third-order valence-electron chi connectivity index (χ3n) is 2.78. The molecule has 0 N–H and O–H groups in total. The molecule has 0 aliphatic heterocycles. The Morgan fingerprint density at radius 1 is 1.17 bits per heavy atom. The van der Waals surface area contributed by atoms with Gasteiger partial charge in [-0.1, -0.05) is 6.07 Å². The molecule has 2 aromatic heterocycles. The quantitative estimate of drug-likeness (QED) is 0.658. The molecule has 1 nitrogen and oxygen atoms in total. The number of hydrogen-bond acceptors (Lipinski definition) is 2. The SMILES string of the molecule is FCc1cc(-c2cccs2)nc2cc(F)ccc12. The average molecular weight is 261 g/mol. The zero-order chi connectivity index (χ0) is 12.5. The summed E-state index contributed by atoms with van der Waals surface area (Å²) in [6.45, 7) is -0.580. The van der Waals surface area contributed by atoms with Crippen LogP contribution < -0.4 is 0 Å². The van der Waals surface area contributed by atoms with Gasteiger partial charge in [-0.15, -0.1) is 11.3 Å². The lowest BCUT2D eigenvalue weighted by Gasteiger charge is -2.06. The summed E-state index contributed by atoms with van der Waals surface area (Å²) in [4.78, 5) is 5.35. The van der Waals surface area contributed by atoms with E-state index in [-0.39, 0.29) is 5.82 Å². The van der Waals surface area contributed by atoms with E-state index < -0.39 is 6.67 Å². The second kappa shape index (κ2) is 4.46. The third kappa shape index (κ3) is 1.88. The predicted octanol–water partition coefficient (Wildman–Crippen LogP) is 4.57. The van der Waals surface area contributed by atoms with Crippen LogP contribution in [0.2, 0.25) is 0 Å². The van der Waals surface area contributed by atoms with Gasteiger partial charge >= 0.3 is 0 Å². The molecular weight excluding hydrogens is 252 g/mol. The van der Waals surface area contributed by atoms with Crippen LogP contribution in [-0.2, 0) is 6.67 Å². The number of aromatic nitrogens is 1. The molecule has 0 spiro atoms. The van der Waals surface area contributed by atoms with Gasteiger partial charge in [0, 0.05) is 11.5 Å². The smallest absolute Gasteiger partial charge is 0.125 e. The highest BCUT2D eigenvalue weighted by atomic mass is 32.1. The normalized spacial score (nSPS) is 11.0. The topological polar surface area (TPSA) is 12.9 Å². The Labute approximate surface area is 107 Å². The van der Waals surface area contributed by atoms with E-state index in [1.807, 2.05) is 17.5 Å². The van der Waals surface area contributed by atoms with E-state index in [9.17, 15) is 8.78 Å². The van der Waals surface area contributed by atoms with Crippen molar-refractivity contribution in [3.63, 3.8) is 0 Å². The Morgan fingerprint density at radius 2 is 2.06 bits per heavy atom. The first-order valence-electron chi connectivity index (χ1n) is 5.47. The average Bonchev–Trinajstić information content (AvgIpc) is 2.90. The lowest BCUT2D eigenvalue weighted by Crippen LogP contribution is -1.90. The lowest BCUT2D eigenvalue weighted by molar-refractivity contribution is 0.487. The van der Waals surface area contributed by atoms with Crippen LogP contribution in [0.4, 0.5) is 8.78 Å². The van der Waals surface area contributed by atoms with Gasteiger partial charge in [-0.3, -0.25) is 0 Å². The van der Waals surface area contributed by atoms with Crippen molar-refractivity contribution in [1.82, 2.24) is 4.98 Å². The number of pyridine rings is 1. The van der Waals surface area contributed by atoms with Gasteiger partial charge < -0.3 is 0 Å². The Kier molecular flexibility index (Phi) is 2.80. The zero-order valence-electron chi connectivity index (χ0n) is 9.36. The molecule has 0 fully saturated rings. The summed E-state index contributed by atoms with van der Waals surface area (Å²) >= 11 is 1.53. The van der Waals surface area contributed by atoms with E-state index in [1.165, 1.54) is 23.5 Å². The van der Waals surface area contributed by atoms with E-state index in [0.717, 1.165) is 4.88 Å². The monoisotopic (exact) mass is 261 g/mol. The fourth-order valence-electron chi connectivity index (χ4n) is 1.93. The van der Waals surface area contributed by atoms with Crippen LogP contribution in [0, 0.1) is 5.82 Å². The van der Waals surface area contributed by atoms with Gasteiger partial charge in [0.2, 0.25) is 0 Å². The molecule has 18 heavy (non-hydrogen) atoms. The molecule has 0 saturated carbocycles. The first kappa shape index (κ1) is 11.3. The maximum atomic E-state index is 13.2. The molecule has 2 heterocycles. The minimum Gasteiger partial charge on any atom is -0.247 e. The van der Waals surface area contributed by atoms with Crippen LogP contribution in [0.25, 0.3) is 21.5 Å². The number of benzene rings is 1. The largest absolute Gasteiger partial charge is 0.247 e. The molecule has 0 atom stereocenters. The second-order valence-electron chi connectivity index (χ2n) is 3.94. The van der Waals surface area contributed by atoms with Gasteiger partial charge in [-0.25, -0.2) is 13.8 Å². The molecule has 3 aromatic rings. The van der Waals surface area contributed by atoms with Crippen LogP contribution in [0.15, 0.2) is 41.8 Å². The molecule has 4 heteroatoms. The molecule has 0 amide bonds. The molecule has 0 radical (unpaired) electrons. The molecule has 0 saturated heterocycles. The Balaban J connectivity index is 2.29. The minimum atomic E-state index is -0.580. The van der Waals surface area contributed by atoms with E-state index >= 15 is 0 Å². The zero-order valence-corrected chi connectivity index (χ0v) is 10.2. The number of nitrogens with zero attached hydrogens (tertiary/aromatic N) is 1. The molecule has 90 valence electrons. The molecule has 0 bridgehead atoms. The Hall–Kier alpha value is -1.81. The maximum Gasteiger partial charge on any atom is 0.125 e. The number of halogens is 2. The van der Waals surface area contributed by atoms with Gasteiger partial charge in [-0.2, -0.15) is 0 Å². The van der Waals surface area contributed by atoms with E-state index in [4.69, 9.17) is 0 Å². The molecule has 1 aromatic carbocycles. The van der Waals surface area contributed by atoms with Gasteiger partial charge in [-0.05, 0) is 35.2 Å². The molecule has 0 aliphatic carbocycles. The number of thiophene rings is 1. The maximum absolute atomic E-state index is 13.2. The van der Waals surface area contributed by atoms with Gasteiger partial charge in [0.1, 0.15) is 12.5 Å². The molecule has 0 aliphatic rings. The summed E-state index contributed by atoms with van der Waals surface area (Å²) in [5.41, 5.74) is 1.73. The lowest BCUT2D eigenvalue weighted by atomic mass is 10.1. The number of rotatable bonds is 2. The van der Waals surface area contributed by atoms with Crippen molar-refractivity contribution in [2.75, 3.05) is 0 Å². The van der Waals surface area contributed by atoms with Crippen LogP contribution in [-0.4, -0.2) is 4.98 Å². The Bertz CT molecular complexity index is 692. The van der Waals surface area contributed by atoms with E-state index in [1.54, 1.807) is 12.1 Å². The summed E-state index contributed by atoms with van der Waals surface area (Å²) in [6.07, 6.45) is 0. The molecule has 3 rings (SSSR count). The molecule has 0 unspecified atom stereocenters. The highest BCUT2D eigenvalue weighted by molar-refractivity contribution is 7.13. The van der Waals surface area contributed by atoms with E-state index in [2.05, 4.69) is 4.98 Å². The highest BCUT2D eigenvalue weighted by Gasteiger charge is 2.08. The highest BCUT2D eigenvalue weighted by Crippen LogP contribution is 2.28. The second-order valence-corrected chi connectivity index (χ2v) is 4.89. The summed E-state index contributed by atoms with van der Waals surface area (Å²) in [5.74, 6) is -0.358. The number of alkyl halides is 1. The number of hydrogen-bond donors (Lipinski definition) is 0. The summed E-state index contributed by atoms with van der Waals surface area (Å²) in [6, 6.07) is 9.79. The molecular formula is C14H9F2NS. The summed E-state index contributed by atoms with van der Waals surface area (Å²) in [7, 11) is 0.